The van der Waals surface area contributed by atoms with Crippen LogP contribution in [0.3, 0.4) is 0 Å². The Kier molecular flexibility index (Phi) is 3.54. The number of likely N-dealkylation sites (tertiary alicyclic amines) is 1. The molecule has 1 saturated heterocycles. The van der Waals surface area contributed by atoms with Gasteiger partial charge in [-0.05, 0) is 36.1 Å². The Morgan fingerprint density at radius 2 is 1.74 bits per heavy atom. The maximum atomic E-state index is 6.00. The molecule has 2 nitrogen and oxygen atoms in total. The molecule has 100 valence electrons. The van der Waals surface area contributed by atoms with E-state index in [4.69, 9.17) is 5.73 Å². The van der Waals surface area contributed by atoms with Gasteiger partial charge in [0.2, 0.25) is 0 Å². The number of hydrogen-bond acceptors (Lipinski definition) is 2. The first-order valence-electron chi connectivity index (χ1n) is 7.23. The van der Waals surface area contributed by atoms with E-state index in [0.717, 1.165) is 25.9 Å². The van der Waals surface area contributed by atoms with Crippen LogP contribution < -0.4 is 5.73 Å². The first-order chi connectivity index (χ1) is 9.25. The molecule has 2 aromatic rings. The third-order valence-corrected chi connectivity index (χ3v) is 4.40. The van der Waals surface area contributed by atoms with Gasteiger partial charge in [-0.1, -0.05) is 42.5 Å². The van der Waals surface area contributed by atoms with Crippen LogP contribution in [0.15, 0.2) is 42.5 Å². The van der Waals surface area contributed by atoms with E-state index in [2.05, 4.69) is 54.3 Å². The number of hydrogen-bond donors (Lipinski definition) is 1. The summed E-state index contributed by atoms with van der Waals surface area (Å²) in [6.45, 7) is 4.55. The highest BCUT2D eigenvalue weighted by molar-refractivity contribution is 5.86. The van der Waals surface area contributed by atoms with E-state index in [0.29, 0.717) is 12.1 Å². The number of nitrogens with zero attached hydrogens (tertiary/aromatic N) is 1. The molecule has 2 aromatic carbocycles. The minimum atomic E-state index is 0.399. The van der Waals surface area contributed by atoms with Crippen molar-refractivity contribution in [3.05, 3.63) is 48.0 Å². The fraction of sp³-hybridized carbons (Fsp3) is 0.412. The molecule has 1 heterocycles. The maximum Gasteiger partial charge on any atom is 0.0326 e. The smallest absolute Gasteiger partial charge is 0.0326 e. The van der Waals surface area contributed by atoms with E-state index in [9.17, 15) is 0 Å². The van der Waals surface area contributed by atoms with Crippen LogP contribution in [-0.2, 0) is 0 Å². The predicted octanol–water partition coefficient (Wildman–Crippen LogP) is 3.32. The van der Waals surface area contributed by atoms with Gasteiger partial charge in [-0.15, -0.1) is 0 Å². The van der Waals surface area contributed by atoms with Crippen LogP contribution in [0.5, 0.6) is 0 Å². The van der Waals surface area contributed by atoms with Crippen LogP contribution in [0.2, 0.25) is 0 Å². The summed E-state index contributed by atoms with van der Waals surface area (Å²) >= 11 is 0. The molecule has 0 bridgehead atoms. The molecule has 0 saturated carbocycles. The topological polar surface area (TPSA) is 29.3 Å². The molecule has 1 aliphatic rings. The molecular weight excluding hydrogens is 232 g/mol. The Morgan fingerprint density at radius 3 is 2.53 bits per heavy atom. The quantitative estimate of drug-likeness (QED) is 0.890. The average molecular weight is 254 g/mol. The van der Waals surface area contributed by atoms with Crippen LogP contribution in [0.1, 0.15) is 31.4 Å². The Labute approximate surface area is 115 Å². The average Bonchev–Trinajstić information content (AvgIpc) is 2.47. The predicted molar refractivity (Wildman–Crippen MR) is 81.1 cm³/mol. The van der Waals surface area contributed by atoms with Crippen molar-refractivity contribution in [1.29, 1.82) is 0 Å². The van der Waals surface area contributed by atoms with Gasteiger partial charge >= 0.3 is 0 Å². The third-order valence-electron chi connectivity index (χ3n) is 4.40. The maximum absolute atomic E-state index is 6.00. The fourth-order valence-electron chi connectivity index (χ4n) is 3.12. The number of fused-ring (bicyclic) bond motifs is 1. The summed E-state index contributed by atoms with van der Waals surface area (Å²) in [5.41, 5.74) is 7.44. The minimum absolute atomic E-state index is 0.399. The Hall–Kier alpha value is -1.38. The lowest BCUT2D eigenvalue weighted by atomic mass is 9.96. The zero-order valence-electron chi connectivity index (χ0n) is 11.5. The van der Waals surface area contributed by atoms with Crippen molar-refractivity contribution in [2.45, 2.75) is 31.8 Å². The highest BCUT2D eigenvalue weighted by atomic mass is 15.2. The van der Waals surface area contributed by atoms with E-state index < -0.39 is 0 Å². The van der Waals surface area contributed by atoms with Gasteiger partial charge in [0.15, 0.2) is 0 Å². The zero-order chi connectivity index (χ0) is 13.2. The summed E-state index contributed by atoms with van der Waals surface area (Å²) in [4.78, 5) is 2.56. The Bertz CT molecular complexity index is 551. The molecule has 2 N–H and O–H groups in total. The lowest BCUT2D eigenvalue weighted by Gasteiger charge is -2.35. The highest BCUT2D eigenvalue weighted by Crippen LogP contribution is 2.29. The minimum Gasteiger partial charge on any atom is -0.328 e. The normalized spacial score (nSPS) is 19.7. The van der Waals surface area contributed by atoms with E-state index in [1.165, 1.54) is 16.3 Å². The summed E-state index contributed by atoms with van der Waals surface area (Å²) in [7, 11) is 0. The molecule has 1 fully saturated rings. The number of nitrogens with two attached hydrogens (primary N) is 1. The summed E-state index contributed by atoms with van der Waals surface area (Å²) in [5, 5.41) is 2.72. The molecular formula is C17H22N2. The van der Waals surface area contributed by atoms with Crippen molar-refractivity contribution < 1.29 is 0 Å². The molecule has 0 spiro atoms. The highest BCUT2D eigenvalue weighted by Gasteiger charge is 2.22. The Balaban J connectivity index is 1.91. The lowest BCUT2D eigenvalue weighted by molar-refractivity contribution is 0.164. The van der Waals surface area contributed by atoms with Crippen molar-refractivity contribution in [2.24, 2.45) is 5.73 Å². The fourth-order valence-corrected chi connectivity index (χ4v) is 3.12. The van der Waals surface area contributed by atoms with Gasteiger partial charge in [0.05, 0.1) is 0 Å². The summed E-state index contributed by atoms with van der Waals surface area (Å²) < 4.78 is 0. The molecule has 0 aliphatic carbocycles. The molecule has 2 heteroatoms. The van der Waals surface area contributed by atoms with E-state index in [-0.39, 0.29) is 0 Å². The third kappa shape index (κ3) is 2.51. The molecule has 0 aromatic heterocycles. The van der Waals surface area contributed by atoms with E-state index in [1.807, 2.05) is 0 Å². The van der Waals surface area contributed by atoms with Crippen molar-refractivity contribution >= 4 is 10.8 Å². The Morgan fingerprint density at radius 1 is 1.05 bits per heavy atom. The van der Waals surface area contributed by atoms with Crippen LogP contribution >= 0.6 is 0 Å². The van der Waals surface area contributed by atoms with E-state index >= 15 is 0 Å². The van der Waals surface area contributed by atoms with Crippen molar-refractivity contribution in [3.8, 4) is 0 Å². The molecule has 1 aliphatic heterocycles. The monoisotopic (exact) mass is 254 g/mol. The molecule has 19 heavy (non-hydrogen) atoms. The van der Waals surface area contributed by atoms with E-state index in [1.54, 1.807) is 0 Å². The van der Waals surface area contributed by atoms with Crippen LogP contribution in [0.4, 0.5) is 0 Å². The standard InChI is InChI=1S/C17H22N2/c1-13(19-11-9-15(18)10-12-19)16-8-4-6-14-5-2-3-7-17(14)16/h2-8,13,15H,9-12,18H2,1H3. The van der Waals surface area contributed by atoms with Crippen molar-refractivity contribution in [3.63, 3.8) is 0 Å². The molecule has 1 unspecified atom stereocenters. The van der Waals surface area contributed by atoms with Crippen LogP contribution in [0.25, 0.3) is 10.8 Å². The summed E-state index contributed by atoms with van der Waals surface area (Å²) in [6.07, 6.45) is 2.24. The molecule has 1 atom stereocenters. The SMILES string of the molecule is CC(c1cccc2ccccc12)N1CCC(N)CC1. The van der Waals surface area contributed by atoms with Crippen molar-refractivity contribution in [1.82, 2.24) is 4.90 Å². The molecule has 0 amide bonds. The van der Waals surface area contributed by atoms with Crippen molar-refractivity contribution in [2.75, 3.05) is 13.1 Å². The van der Waals surface area contributed by atoms with Gasteiger partial charge in [-0.25, -0.2) is 0 Å². The van der Waals surface area contributed by atoms with Gasteiger partial charge in [0.25, 0.3) is 0 Å². The molecule has 0 radical (unpaired) electrons. The summed E-state index contributed by atoms with van der Waals surface area (Å²) in [6, 6.07) is 16.2. The first kappa shape index (κ1) is 12.6. The van der Waals surface area contributed by atoms with Gasteiger partial charge in [0.1, 0.15) is 0 Å². The zero-order valence-corrected chi connectivity index (χ0v) is 11.5. The lowest BCUT2D eigenvalue weighted by Crippen LogP contribution is -2.40. The first-order valence-corrected chi connectivity index (χ1v) is 7.23. The number of piperidine rings is 1. The van der Waals surface area contributed by atoms with Crippen LogP contribution in [-0.4, -0.2) is 24.0 Å². The van der Waals surface area contributed by atoms with Gasteiger partial charge in [0, 0.05) is 25.2 Å². The largest absolute Gasteiger partial charge is 0.328 e. The second-order valence-corrected chi connectivity index (χ2v) is 5.62. The second-order valence-electron chi connectivity index (χ2n) is 5.62. The number of rotatable bonds is 2. The summed E-state index contributed by atoms with van der Waals surface area (Å²) in [5.74, 6) is 0. The molecule has 3 rings (SSSR count). The van der Waals surface area contributed by atoms with Gasteiger partial charge in [-0.3, -0.25) is 4.90 Å². The second kappa shape index (κ2) is 5.32. The van der Waals surface area contributed by atoms with Gasteiger partial charge < -0.3 is 5.73 Å². The number of benzene rings is 2. The van der Waals surface area contributed by atoms with Crippen LogP contribution in [0, 0.1) is 0 Å². The van der Waals surface area contributed by atoms with Gasteiger partial charge in [-0.2, -0.15) is 0 Å².